The number of hydrogen-bond acceptors (Lipinski definition) is 4. The van der Waals surface area contributed by atoms with Gasteiger partial charge in [0.05, 0.1) is 24.9 Å². The highest BCUT2D eigenvalue weighted by Gasteiger charge is 2.14. The molecule has 0 aliphatic heterocycles. The molecule has 28 heavy (non-hydrogen) atoms. The Morgan fingerprint density at radius 1 is 1.07 bits per heavy atom. The third-order valence-corrected chi connectivity index (χ3v) is 4.77. The second-order valence-corrected chi connectivity index (χ2v) is 6.98. The molecule has 0 aliphatic carbocycles. The van der Waals surface area contributed by atoms with E-state index in [1.165, 1.54) is 25.4 Å². The fourth-order valence-corrected chi connectivity index (χ4v) is 2.97. The molecule has 0 saturated carbocycles. The molecule has 3 aromatic rings. The van der Waals surface area contributed by atoms with Gasteiger partial charge in [-0.1, -0.05) is 23.7 Å². The first-order valence-electron chi connectivity index (χ1n) is 8.63. The summed E-state index contributed by atoms with van der Waals surface area (Å²) >= 11 is 5.88. The number of aromatic nitrogens is 2. The van der Waals surface area contributed by atoms with Crippen LogP contribution in [0, 0.1) is 26.6 Å². The van der Waals surface area contributed by atoms with Crippen molar-refractivity contribution in [3.05, 3.63) is 80.0 Å². The molecule has 0 unspecified atom stereocenters. The van der Waals surface area contributed by atoms with Gasteiger partial charge in [0.25, 0.3) is 0 Å². The van der Waals surface area contributed by atoms with Crippen molar-refractivity contribution in [3.8, 4) is 17.5 Å². The average Bonchev–Trinajstić information content (AvgIpc) is 2.64. The molecule has 7 heteroatoms. The zero-order valence-electron chi connectivity index (χ0n) is 16.0. The number of nitrogens with zero attached hydrogens (tertiary/aromatic N) is 2. The summed E-state index contributed by atoms with van der Waals surface area (Å²) in [6.45, 7) is 6.19. The summed E-state index contributed by atoms with van der Waals surface area (Å²) in [6, 6.07) is 8.44. The molecule has 0 saturated heterocycles. The van der Waals surface area contributed by atoms with Gasteiger partial charge in [0.1, 0.15) is 11.6 Å². The second kappa shape index (κ2) is 8.02. The Bertz CT molecular complexity index is 1100. The molecule has 0 amide bonds. The van der Waals surface area contributed by atoms with E-state index < -0.39 is 11.4 Å². The number of methoxy groups -OCH3 is 1. The first-order chi connectivity index (χ1) is 13.3. The molecule has 0 fully saturated rings. The van der Waals surface area contributed by atoms with Gasteiger partial charge in [-0.15, -0.1) is 0 Å². The van der Waals surface area contributed by atoms with Crippen molar-refractivity contribution in [2.45, 2.75) is 27.3 Å². The Labute approximate surface area is 167 Å². The quantitative estimate of drug-likeness (QED) is 0.614. The monoisotopic (exact) mass is 402 g/mol. The molecule has 0 radical (unpaired) electrons. The highest BCUT2D eigenvalue weighted by atomic mass is 35.5. The maximum absolute atomic E-state index is 13.5. The number of rotatable bonds is 5. The van der Waals surface area contributed by atoms with E-state index in [0.29, 0.717) is 5.75 Å². The van der Waals surface area contributed by atoms with Gasteiger partial charge >= 0.3 is 11.6 Å². The van der Waals surface area contributed by atoms with Crippen LogP contribution in [-0.2, 0) is 6.54 Å². The maximum atomic E-state index is 13.5. The number of halogens is 2. The van der Waals surface area contributed by atoms with Crippen LogP contribution in [0.3, 0.4) is 0 Å². The second-order valence-electron chi connectivity index (χ2n) is 6.58. The lowest BCUT2D eigenvalue weighted by molar-refractivity contribution is 0.373. The van der Waals surface area contributed by atoms with Crippen molar-refractivity contribution < 1.29 is 13.9 Å². The van der Waals surface area contributed by atoms with Crippen molar-refractivity contribution in [1.82, 2.24) is 9.55 Å². The zero-order valence-corrected chi connectivity index (χ0v) is 16.8. The maximum Gasteiger partial charge on any atom is 0.318 e. The molecule has 0 aliphatic rings. The molecular weight excluding hydrogens is 383 g/mol. The van der Waals surface area contributed by atoms with E-state index in [-0.39, 0.29) is 23.3 Å². The molecule has 5 nitrogen and oxygen atoms in total. The van der Waals surface area contributed by atoms with E-state index in [2.05, 4.69) is 4.98 Å². The largest absolute Gasteiger partial charge is 0.490 e. The van der Waals surface area contributed by atoms with Crippen molar-refractivity contribution in [1.29, 1.82) is 0 Å². The van der Waals surface area contributed by atoms with Crippen molar-refractivity contribution in [2.75, 3.05) is 7.11 Å². The van der Waals surface area contributed by atoms with Gasteiger partial charge in [-0.2, -0.15) is 4.98 Å². The molecule has 0 bridgehead atoms. The standard InChI is InChI=1S/C21H20ClFN2O3/c1-12-7-14(3)18(8-13(12)2)28-21-24-20(26)19(27-4)11-25(21)10-15-5-6-17(23)16(22)9-15/h5-9,11H,10H2,1-4H3. The van der Waals surface area contributed by atoms with Gasteiger partial charge < -0.3 is 9.47 Å². The summed E-state index contributed by atoms with van der Waals surface area (Å²) in [6.07, 6.45) is 1.51. The van der Waals surface area contributed by atoms with Crippen LogP contribution in [0.25, 0.3) is 0 Å². The summed E-state index contributed by atoms with van der Waals surface area (Å²) in [5, 5.41) is 0.0194. The summed E-state index contributed by atoms with van der Waals surface area (Å²) in [5.74, 6) is 0.187. The molecular formula is C21H20ClFN2O3. The first-order valence-corrected chi connectivity index (χ1v) is 9.01. The fourth-order valence-electron chi connectivity index (χ4n) is 2.77. The molecule has 0 N–H and O–H groups in total. The normalized spacial score (nSPS) is 10.8. The third kappa shape index (κ3) is 4.17. The zero-order chi connectivity index (χ0) is 20.4. The lowest BCUT2D eigenvalue weighted by Crippen LogP contribution is -2.17. The lowest BCUT2D eigenvalue weighted by Gasteiger charge is -2.16. The third-order valence-electron chi connectivity index (χ3n) is 4.48. The van der Waals surface area contributed by atoms with E-state index >= 15 is 0 Å². The summed E-state index contributed by atoms with van der Waals surface area (Å²) in [5.41, 5.74) is 3.32. The minimum Gasteiger partial charge on any atom is -0.490 e. The topological polar surface area (TPSA) is 53.4 Å². The number of aryl methyl sites for hydroxylation is 3. The molecule has 146 valence electrons. The molecule has 1 aromatic heterocycles. The van der Waals surface area contributed by atoms with Gasteiger partial charge in [-0.05, 0) is 61.2 Å². The Balaban J connectivity index is 2.04. The smallest absolute Gasteiger partial charge is 0.318 e. The lowest BCUT2D eigenvalue weighted by atomic mass is 10.1. The molecule has 2 aromatic carbocycles. The predicted molar refractivity (Wildman–Crippen MR) is 106 cm³/mol. The molecule has 1 heterocycles. The van der Waals surface area contributed by atoms with Crippen LogP contribution in [0.4, 0.5) is 4.39 Å². The molecule has 3 rings (SSSR count). The van der Waals surface area contributed by atoms with Gasteiger partial charge in [0.2, 0.25) is 5.75 Å². The van der Waals surface area contributed by atoms with Crippen LogP contribution in [0.15, 0.2) is 41.3 Å². The van der Waals surface area contributed by atoms with Gasteiger partial charge in [0, 0.05) is 0 Å². The van der Waals surface area contributed by atoms with Crippen LogP contribution < -0.4 is 15.0 Å². The number of hydrogen-bond donors (Lipinski definition) is 0. The Morgan fingerprint density at radius 3 is 2.46 bits per heavy atom. The Morgan fingerprint density at radius 2 is 1.79 bits per heavy atom. The molecule has 0 spiro atoms. The van der Waals surface area contributed by atoms with Crippen molar-refractivity contribution in [2.24, 2.45) is 0 Å². The number of benzene rings is 2. The van der Waals surface area contributed by atoms with Crippen molar-refractivity contribution in [3.63, 3.8) is 0 Å². The van der Waals surface area contributed by atoms with Crippen LogP contribution in [-0.4, -0.2) is 16.7 Å². The highest BCUT2D eigenvalue weighted by molar-refractivity contribution is 6.30. The van der Waals surface area contributed by atoms with Crippen LogP contribution >= 0.6 is 11.6 Å². The SMILES string of the molecule is COc1cn(Cc2ccc(F)c(Cl)c2)c(Oc2cc(C)c(C)cc2C)nc1=O. The first kappa shape index (κ1) is 19.9. The van der Waals surface area contributed by atoms with E-state index in [1.807, 2.05) is 32.9 Å². The van der Waals surface area contributed by atoms with E-state index in [9.17, 15) is 9.18 Å². The van der Waals surface area contributed by atoms with E-state index in [4.69, 9.17) is 21.1 Å². The van der Waals surface area contributed by atoms with E-state index in [0.717, 1.165) is 22.3 Å². The summed E-state index contributed by atoms with van der Waals surface area (Å²) < 4.78 is 26.1. The van der Waals surface area contributed by atoms with E-state index in [1.54, 1.807) is 10.6 Å². The Kier molecular flexibility index (Phi) is 5.70. The minimum atomic E-state index is -0.535. The average molecular weight is 403 g/mol. The predicted octanol–water partition coefficient (Wildman–Crippen LogP) is 4.81. The van der Waals surface area contributed by atoms with Crippen LogP contribution in [0.1, 0.15) is 22.3 Å². The van der Waals surface area contributed by atoms with Gasteiger partial charge in [-0.3, -0.25) is 9.36 Å². The summed E-state index contributed by atoms with van der Waals surface area (Å²) in [4.78, 5) is 16.2. The van der Waals surface area contributed by atoms with Gasteiger partial charge in [-0.25, -0.2) is 4.39 Å². The van der Waals surface area contributed by atoms with Crippen LogP contribution in [0.2, 0.25) is 5.02 Å². The summed E-state index contributed by atoms with van der Waals surface area (Å²) in [7, 11) is 1.39. The fraction of sp³-hybridized carbons (Fsp3) is 0.238. The van der Waals surface area contributed by atoms with Crippen molar-refractivity contribution >= 4 is 11.6 Å². The Hall–Kier alpha value is -2.86. The van der Waals surface area contributed by atoms with Gasteiger partial charge in [0.15, 0.2) is 0 Å². The highest BCUT2D eigenvalue weighted by Crippen LogP contribution is 2.27. The minimum absolute atomic E-state index is 0.0194. The number of ether oxygens (including phenoxy) is 2. The molecule has 0 atom stereocenters. The van der Waals surface area contributed by atoms with Crippen LogP contribution in [0.5, 0.6) is 17.5 Å².